The van der Waals surface area contributed by atoms with E-state index in [0.29, 0.717) is 0 Å². The van der Waals surface area contributed by atoms with Gasteiger partial charge in [0.25, 0.3) is 0 Å². The van der Waals surface area contributed by atoms with Crippen LogP contribution in [0, 0.1) is 0 Å². The van der Waals surface area contributed by atoms with E-state index in [1.807, 2.05) is 0 Å². The number of fused-ring (bicyclic) bond motifs is 2. The van der Waals surface area contributed by atoms with Gasteiger partial charge >= 0.3 is 35.8 Å². The van der Waals surface area contributed by atoms with E-state index in [0.717, 1.165) is 12.1 Å². The van der Waals surface area contributed by atoms with Gasteiger partial charge in [0.05, 0.1) is 16.8 Å². The van der Waals surface area contributed by atoms with Crippen molar-refractivity contribution < 1.29 is 66.7 Å². The number of anilines is 1. The highest BCUT2D eigenvalue weighted by Gasteiger charge is 2.91. The monoisotopic (exact) mass is 541 g/mol. The van der Waals surface area contributed by atoms with Crippen LogP contribution in [0.5, 0.6) is 0 Å². The lowest BCUT2D eigenvalue weighted by Gasteiger charge is -2.40. The molecule has 3 rings (SSSR count). The first-order valence-corrected chi connectivity index (χ1v) is 9.14. The van der Waals surface area contributed by atoms with Crippen LogP contribution in [0.3, 0.4) is 0 Å². The number of nitrogens with two attached hydrogens (primary N) is 1. The molecule has 3 nitrogen and oxygen atoms in total. The lowest BCUT2D eigenvalue weighted by atomic mass is 9.80. The van der Waals surface area contributed by atoms with Gasteiger partial charge in [-0.2, -0.15) is 57.1 Å². The Labute approximate surface area is 190 Å². The van der Waals surface area contributed by atoms with Crippen molar-refractivity contribution in [3.8, 4) is 0 Å². The van der Waals surface area contributed by atoms with E-state index in [2.05, 4.69) is 0 Å². The van der Waals surface area contributed by atoms with Crippen LogP contribution in [-0.4, -0.2) is 41.4 Å². The Morgan fingerprint density at radius 3 is 1.44 bits per heavy atom. The van der Waals surface area contributed by atoms with Crippen molar-refractivity contribution >= 4 is 17.3 Å². The van der Waals surface area contributed by atoms with Crippen molar-refractivity contribution in [3.05, 3.63) is 64.2 Å². The molecule has 1 aliphatic carbocycles. The molecular formula is C20H8F13NO2. The third-order valence-corrected chi connectivity index (χ3v) is 5.41. The molecule has 1 aliphatic rings. The Morgan fingerprint density at radius 2 is 0.972 bits per heavy atom. The highest BCUT2D eigenvalue weighted by atomic mass is 19.4. The number of rotatable bonds is 5. The molecule has 0 unspecified atom stereocenters. The molecule has 0 heterocycles. The number of hydrogen-bond acceptors (Lipinski definition) is 3. The summed E-state index contributed by atoms with van der Waals surface area (Å²) in [5.74, 6) is -40.7. The van der Waals surface area contributed by atoms with Crippen molar-refractivity contribution in [2.24, 2.45) is 0 Å². The molecule has 0 atom stereocenters. The number of nitrogen functional groups attached to an aromatic ring is 1. The Kier molecular flexibility index (Phi) is 5.74. The van der Waals surface area contributed by atoms with E-state index < -0.39 is 75.3 Å². The first-order chi connectivity index (χ1) is 16.1. The quantitative estimate of drug-likeness (QED) is 0.308. The molecule has 0 bridgehead atoms. The van der Waals surface area contributed by atoms with Crippen LogP contribution < -0.4 is 5.73 Å². The summed E-state index contributed by atoms with van der Waals surface area (Å²) in [7, 11) is 0. The van der Waals surface area contributed by atoms with E-state index in [9.17, 15) is 66.7 Å². The van der Waals surface area contributed by atoms with Crippen molar-refractivity contribution in [2.45, 2.75) is 35.8 Å². The van der Waals surface area contributed by atoms with Crippen LogP contribution in [0.4, 0.5) is 62.8 Å². The van der Waals surface area contributed by atoms with Gasteiger partial charge in [-0.05, 0) is 12.1 Å². The third kappa shape index (κ3) is 3.21. The van der Waals surface area contributed by atoms with Crippen LogP contribution in [0.2, 0.25) is 0 Å². The van der Waals surface area contributed by atoms with Crippen molar-refractivity contribution in [3.63, 3.8) is 0 Å². The Hall–Kier alpha value is -3.33. The van der Waals surface area contributed by atoms with E-state index in [-0.39, 0.29) is 17.7 Å². The molecular weight excluding hydrogens is 533 g/mol. The number of benzene rings is 2. The predicted octanol–water partition coefficient (Wildman–Crippen LogP) is 6.24. The fraction of sp³-hybridized carbons (Fsp3) is 0.300. The Balaban J connectivity index is 2.21. The van der Waals surface area contributed by atoms with Gasteiger partial charge in [-0.15, -0.1) is 0 Å². The fourth-order valence-electron chi connectivity index (χ4n) is 3.42. The molecule has 0 saturated carbocycles. The summed E-state index contributed by atoms with van der Waals surface area (Å²) in [6.07, 6.45) is -7.55. The zero-order valence-corrected chi connectivity index (χ0v) is 16.8. The maximum Gasteiger partial charge on any atom is 0.460 e. The highest BCUT2D eigenvalue weighted by Crippen LogP contribution is 2.62. The Bertz CT molecular complexity index is 1260. The number of halogens is 13. The summed E-state index contributed by atoms with van der Waals surface area (Å²) < 4.78 is 175. The number of hydrogen-bond donors (Lipinski definition) is 1. The first kappa shape index (κ1) is 27.3. The minimum Gasteiger partial charge on any atom is -0.398 e. The SMILES string of the molecule is Nc1c(C(F)(F)C(F)(F)C(F)(F)C(F)(F)C(F)(F)C(F)(F)F)ccc2c1C(=O)c1ccccc1C2=O. The molecule has 16 heteroatoms. The third-order valence-electron chi connectivity index (χ3n) is 5.41. The van der Waals surface area contributed by atoms with E-state index in [1.165, 1.54) is 12.1 Å². The second-order valence-corrected chi connectivity index (χ2v) is 7.52. The molecule has 0 radical (unpaired) electrons. The highest BCUT2D eigenvalue weighted by molar-refractivity contribution is 6.30. The van der Waals surface area contributed by atoms with Crippen molar-refractivity contribution in [2.75, 3.05) is 5.73 Å². The van der Waals surface area contributed by atoms with Gasteiger partial charge in [0.2, 0.25) is 0 Å². The average molecular weight is 541 g/mol. The minimum absolute atomic E-state index is 0.238. The molecule has 0 aromatic heterocycles. The summed E-state index contributed by atoms with van der Waals surface area (Å²) in [6.45, 7) is 0. The van der Waals surface area contributed by atoms with Gasteiger partial charge in [-0.3, -0.25) is 9.59 Å². The number of carbonyl (C=O) groups excluding carboxylic acids is 2. The van der Waals surface area contributed by atoms with Crippen LogP contribution in [0.1, 0.15) is 37.4 Å². The van der Waals surface area contributed by atoms with Crippen molar-refractivity contribution in [1.82, 2.24) is 0 Å². The predicted molar refractivity (Wildman–Crippen MR) is 93.9 cm³/mol. The van der Waals surface area contributed by atoms with Gasteiger partial charge in [0.1, 0.15) is 0 Å². The average Bonchev–Trinajstić information content (AvgIpc) is 2.75. The van der Waals surface area contributed by atoms with Gasteiger partial charge in [0.15, 0.2) is 11.6 Å². The van der Waals surface area contributed by atoms with Gasteiger partial charge < -0.3 is 5.73 Å². The van der Waals surface area contributed by atoms with Crippen LogP contribution in [-0.2, 0) is 5.92 Å². The maximum atomic E-state index is 14.6. The number of alkyl halides is 13. The molecule has 0 saturated heterocycles. The minimum atomic E-state index is -8.08. The summed E-state index contributed by atoms with van der Waals surface area (Å²) >= 11 is 0. The summed E-state index contributed by atoms with van der Waals surface area (Å²) in [5, 5.41) is 0. The summed E-state index contributed by atoms with van der Waals surface area (Å²) in [4.78, 5) is 25.2. The topological polar surface area (TPSA) is 60.2 Å². The molecule has 0 fully saturated rings. The zero-order valence-electron chi connectivity index (χ0n) is 16.8. The molecule has 196 valence electrons. The summed E-state index contributed by atoms with van der Waals surface area (Å²) in [5.41, 5.74) is -1.81. The van der Waals surface area contributed by atoms with Gasteiger partial charge in [-0.25, -0.2) is 0 Å². The standard InChI is InChI=1S/C20H8F13NO2/c21-15(22,16(23,24)17(25,26)18(27,28)19(29,30)20(31,32)33)10-6-5-9-11(12(10)34)14(36)8-4-2-1-3-7(8)13(9)35/h1-6H,34H2. The van der Waals surface area contributed by atoms with Crippen LogP contribution >= 0.6 is 0 Å². The molecule has 0 spiro atoms. The smallest absolute Gasteiger partial charge is 0.398 e. The lowest BCUT2D eigenvalue weighted by Crippen LogP contribution is -2.69. The molecule has 0 amide bonds. The van der Waals surface area contributed by atoms with E-state index >= 15 is 0 Å². The summed E-state index contributed by atoms with van der Waals surface area (Å²) in [6, 6.07) is 4.54. The normalized spacial score (nSPS) is 15.6. The van der Waals surface area contributed by atoms with Crippen molar-refractivity contribution in [1.29, 1.82) is 0 Å². The molecule has 0 aliphatic heterocycles. The van der Waals surface area contributed by atoms with E-state index in [4.69, 9.17) is 5.73 Å². The molecule has 36 heavy (non-hydrogen) atoms. The first-order valence-electron chi connectivity index (χ1n) is 9.14. The second kappa shape index (κ2) is 7.59. The van der Waals surface area contributed by atoms with Crippen LogP contribution in [0.15, 0.2) is 36.4 Å². The number of ketones is 2. The zero-order chi connectivity index (χ0) is 27.9. The largest absolute Gasteiger partial charge is 0.460 e. The van der Waals surface area contributed by atoms with E-state index in [1.54, 1.807) is 0 Å². The Morgan fingerprint density at radius 1 is 0.528 bits per heavy atom. The van der Waals surface area contributed by atoms with Gasteiger partial charge in [0, 0.05) is 16.7 Å². The van der Waals surface area contributed by atoms with Gasteiger partial charge in [-0.1, -0.05) is 24.3 Å². The molecule has 2 aromatic carbocycles. The molecule has 2 aromatic rings. The van der Waals surface area contributed by atoms with Crippen LogP contribution in [0.25, 0.3) is 0 Å². The maximum absolute atomic E-state index is 14.6. The lowest BCUT2D eigenvalue weighted by molar-refractivity contribution is -0.441. The fourth-order valence-corrected chi connectivity index (χ4v) is 3.42. The molecule has 2 N–H and O–H groups in total. The number of carbonyl (C=O) groups is 2. The second-order valence-electron chi connectivity index (χ2n) is 7.52.